The largest absolute Gasteiger partial charge is 0.452 e. The van der Waals surface area contributed by atoms with Gasteiger partial charge in [0, 0.05) is 39.2 Å². The first kappa shape index (κ1) is 52.0. The number of carbonyl (C=O) groups excluding carboxylic acids is 7. The third-order valence-electron chi connectivity index (χ3n) is 11.3. The van der Waals surface area contributed by atoms with Gasteiger partial charge in [0.25, 0.3) is 5.91 Å². The molecule has 8 atom stereocenters. The van der Waals surface area contributed by atoms with Gasteiger partial charge in [-0.25, -0.2) is 8.42 Å². The first-order chi connectivity index (χ1) is 29.5. The van der Waals surface area contributed by atoms with E-state index in [-0.39, 0.29) is 31.6 Å². The van der Waals surface area contributed by atoms with Crippen LogP contribution in [0.2, 0.25) is 0 Å². The molecular formula is C46H68N6O10S. The Balaban J connectivity index is 2.24. The normalized spacial score (nSPS) is 25.7. The summed E-state index contributed by atoms with van der Waals surface area (Å²) in [6.45, 7) is 12.1. The topological polar surface area (TPSA) is 217 Å². The molecule has 1 aliphatic rings. The van der Waals surface area contributed by atoms with Gasteiger partial charge in [-0.1, -0.05) is 102 Å². The fraction of sp³-hybridized carbons (Fsp3) is 0.587. The molecule has 1 fully saturated rings. The van der Waals surface area contributed by atoms with Crippen LogP contribution in [-0.2, 0) is 61.0 Å². The van der Waals surface area contributed by atoms with Gasteiger partial charge in [0.05, 0.1) is 11.7 Å². The van der Waals surface area contributed by atoms with Gasteiger partial charge in [0.15, 0.2) is 6.10 Å². The lowest BCUT2D eigenvalue weighted by atomic mass is 9.96. The SMILES string of the molecule is CCC[C@H]1NC(=O)[C@H](C)NC(=O)[C@H](CC(C)C)N(C)C(=O)[C@H](Cc2ccccc2)NC(=O)[C@H](CCS(C)(=O)=O)NC(=O)[C@@H](Cc2ccccc2)N(C)C(=O)[C@@H](C(C)C)OC(=O)[C@@H]1C. The second-order valence-corrected chi connectivity index (χ2v) is 19.8. The Hall–Kier alpha value is -5.32. The Labute approximate surface area is 372 Å². The molecule has 63 heavy (non-hydrogen) atoms. The lowest BCUT2D eigenvalue weighted by Crippen LogP contribution is -2.61. The molecule has 0 aromatic heterocycles. The first-order valence-corrected chi connectivity index (χ1v) is 23.8. The van der Waals surface area contributed by atoms with E-state index in [0.717, 1.165) is 11.2 Å². The summed E-state index contributed by atoms with van der Waals surface area (Å²) in [5, 5.41) is 11.1. The highest BCUT2D eigenvalue weighted by Gasteiger charge is 2.40. The molecule has 1 saturated heterocycles. The van der Waals surface area contributed by atoms with Crippen molar-refractivity contribution in [2.24, 2.45) is 17.8 Å². The van der Waals surface area contributed by atoms with E-state index in [2.05, 4.69) is 21.3 Å². The molecule has 2 aromatic carbocycles. The molecule has 0 unspecified atom stereocenters. The van der Waals surface area contributed by atoms with Crippen molar-refractivity contribution in [3.8, 4) is 0 Å². The Morgan fingerprint density at radius 3 is 1.70 bits per heavy atom. The van der Waals surface area contributed by atoms with Crippen LogP contribution in [0.25, 0.3) is 0 Å². The predicted octanol–water partition coefficient (Wildman–Crippen LogP) is 2.58. The van der Waals surface area contributed by atoms with Crippen molar-refractivity contribution in [3.63, 3.8) is 0 Å². The number of hydrogen-bond acceptors (Lipinski definition) is 10. The summed E-state index contributed by atoms with van der Waals surface area (Å²) in [5.41, 5.74) is 1.32. The van der Waals surface area contributed by atoms with E-state index in [4.69, 9.17) is 4.74 Å². The van der Waals surface area contributed by atoms with Crippen molar-refractivity contribution in [1.82, 2.24) is 31.1 Å². The highest BCUT2D eigenvalue weighted by Crippen LogP contribution is 2.21. The van der Waals surface area contributed by atoms with E-state index in [1.54, 1.807) is 81.4 Å². The third-order valence-corrected chi connectivity index (χ3v) is 12.2. The minimum absolute atomic E-state index is 0.0303. The quantitative estimate of drug-likeness (QED) is 0.229. The zero-order chi connectivity index (χ0) is 47.2. The van der Waals surface area contributed by atoms with Crippen LogP contribution in [0, 0.1) is 17.8 Å². The van der Waals surface area contributed by atoms with Gasteiger partial charge < -0.3 is 35.8 Å². The number of sulfone groups is 1. The molecule has 16 nitrogen and oxygen atoms in total. The van der Waals surface area contributed by atoms with Crippen molar-refractivity contribution in [3.05, 3.63) is 71.8 Å². The standard InChI is InChI=1S/C46H68N6O10S/c1-11-18-34-30(6)46(59)62-39(29(4)5)45(58)52(9)38(27-33-21-16-13-17-22-33)43(56)49-35(23-24-63(10,60)61)41(54)50-36(26-32-19-14-12-15-20-32)44(57)51(8)37(25-28(2)3)42(55)47-31(7)40(53)48-34/h12-17,19-22,28-31,34-39H,11,18,23-27H2,1-10H3,(H,47,55)(H,48,53)(H,49,56)(H,50,54)/t30-,31+,34-,35+,36+,37+,38-,39-/m1/s1. The average Bonchev–Trinajstić information content (AvgIpc) is 3.23. The summed E-state index contributed by atoms with van der Waals surface area (Å²) in [5.74, 6) is -7.12. The maximum Gasteiger partial charge on any atom is 0.311 e. The molecule has 17 heteroatoms. The number of likely N-dealkylation sites (N-methyl/N-ethyl adjacent to an activating group) is 2. The second-order valence-electron chi connectivity index (χ2n) is 17.5. The number of nitrogens with zero attached hydrogens (tertiary/aromatic N) is 2. The van der Waals surface area contributed by atoms with Crippen LogP contribution in [0.3, 0.4) is 0 Å². The maximum atomic E-state index is 14.6. The Bertz CT molecular complexity index is 2000. The molecule has 2 aromatic rings. The summed E-state index contributed by atoms with van der Waals surface area (Å²) >= 11 is 0. The van der Waals surface area contributed by atoms with Crippen molar-refractivity contribution >= 4 is 51.2 Å². The zero-order valence-corrected chi connectivity index (χ0v) is 39.2. The Morgan fingerprint density at radius 2 is 1.17 bits per heavy atom. The summed E-state index contributed by atoms with van der Waals surface area (Å²) in [6, 6.07) is 10.6. The number of benzene rings is 2. The molecule has 0 saturated carbocycles. The number of amides is 6. The lowest BCUT2D eigenvalue weighted by molar-refractivity contribution is -0.168. The number of ether oxygens (including phenoxy) is 1. The van der Waals surface area contributed by atoms with Crippen molar-refractivity contribution in [2.45, 2.75) is 129 Å². The predicted molar refractivity (Wildman–Crippen MR) is 239 cm³/mol. The lowest BCUT2D eigenvalue weighted by Gasteiger charge is -2.35. The van der Waals surface area contributed by atoms with Gasteiger partial charge in [0.2, 0.25) is 29.5 Å². The van der Waals surface area contributed by atoms with Crippen molar-refractivity contribution in [2.75, 3.05) is 26.1 Å². The van der Waals surface area contributed by atoms with Crippen molar-refractivity contribution < 1.29 is 46.7 Å². The van der Waals surface area contributed by atoms with Crippen LogP contribution in [0.1, 0.15) is 85.3 Å². The zero-order valence-electron chi connectivity index (χ0n) is 38.4. The van der Waals surface area contributed by atoms with Gasteiger partial charge in [-0.05, 0) is 56.1 Å². The van der Waals surface area contributed by atoms with Gasteiger partial charge in [-0.15, -0.1) is 0 Å². The molecule has 0 radical (unpaired) electrons. The van der Waals surface area contributed by atoms with Gasteiger partial charge in [0.1, 0.15) is 40.0 Å². The summed E-state index contributed by atoms with van der Waals surface area (Å²) in [6.07, 6.45) is 0.310. The van der Waals surface area contributed by atoms with Crippen LogP contribution in [-0.4, -0.2) is 128 Å². The van der Waals surface area contributed by atoms with Crippen LogP contribution < -0.4 is 21.3 Å². The number of rotatable bonds is 12. The smallest absolute Gasteiger partial charge is 0.311 e. The molecular weight excluding hydrogens is 829 g/mol. The van der Waals surface area contributed by atoms with Gasteiger partial charge in [-0.2, -0.15) is 0 Å². The van der Waals surface area contributed by atoms with Gasteiger partial charge in [-0.3, -0.25) is 33.6 Å². The fourth-order valence-electron chi connectivity index (χ4n) is 7.38. The molecule has 4 N–H and O–H groups in total. The summed E-state index contributed by atoms with van der Waals surface area (Å²) in [4.78, 5) is 102. The van der Waals surface area contributed by atoms with Crippen LogP contribution >= 0.6 is 0 Å². The number of cyclic esters (lactones) is 1. The number of esters is 1. The maximum absolute atomic E-state index is 14.6. The molecule has 0 spiro atoms. The molecule has 1 aliphatic heterocycles. The monoisotopic (exact) mass is 896 g/mol. The van der Waals surface area contributed by atoms with Crippen LogP contribution in [0.5, 0.6) is 0 Å². The molecule has 0 bridgehead atoms. The highest BCUT2D eigenvalue weighted by molar-refractivity contribution is 7.90. The minimum atomic E-state index is -3.68. The first-order valence-electron chi connectivity index (χ1n) is 21.7. The van der Waals surface area contributed by atoms with E-state index < -0.39 is 111 Å². The third kappa shape index (κ3) is 15.8. The van der Waals surface area contributed by atoms with Crippen LogP contribution in [0.4, 0.5) is 0 Å². The van der Waals surface area contributed by atoms with E-state index in [9.17, 15) is 42.0 Å². The Kier molecular flexibility index (Phi) is 19.8. The van der Waals surface area contributed by atoms with E-state index in [0.29, 0.717) is 24.0 Å². The summed E-state index contributed by atoms with van der Waals surface area (Å²) in [7, 11) is -0.856. The molecule has 1 heterocycles. The number of hydrogen-bond donors (Lipinski definition) is 4. The number of nitrogens with one attached hydrogen (secondary N) is 4. The molecule has 348 valence electrons. The Morgan fingerprint density at radius 1 is 0.651 bits per heavy atom. The van der Waals surface area contributed by atoms with E-state index in [1.807, 2.05) is 20.8 Å². The van der Waals surface area contributed by atoms with Gasteiger partial charge >= 0.3 is 5.97 Å². The molecule has 6 amide bonds. The summed E-state index contributed by atoms with van der Waals surface area (Å²) < 4.78 is 30.9. The molecule has 0 aliphatic carbocycles. The minimum Gasteiger partial charge on any atom is -0.452 e. The fourth-order valence-corrected chi connectivity index (χ4v) is 8.05. The highest BCUT2D eigenvalue weighted by atomic mass is 32.2. The second kappa shape index (κ2) is 23.9. The number of carbonyl (C=O) groups is 7. The van der Waals surface area contributed by atoms with Crippen LogP contribution in [0.15, 0.2) is 60.7 Å². The van der Waals surface area contributed by atoms with E-state index in [1.165, 1.54) is 25.9 Å². The van der Waals surface area contributed by atoms with E-state index >= 15 is 0 Å². The van der Waals surface area contributed by atoms with Crippen molar-refractivity contribution in [1.29, 1.82) is 0 Å². The average molecular weight is 897 g/mol. The molecule has 3 rings (SSSR count).